The Balaban J connectivity index is 1.40. The average molecular weight is 414 g/mol. The molecule has 0 atom stereocenters. The van der Waals surface area contributed by atoms with E-state index in [-0.39, 0.29) is 11.8 Å². The van der Waals surface area contributed by atoms with Gasteiger partial charge in [0.2, 0.25) is 5.91 Å². The van der Waals surface area contributed by atoms with Gasteiger partial charge < -0.3 is 15.1 Å². The quantitative estimate of drug-likeness (QED) is 0.635. The molecule has 0 spiro atoms. The van der Waals surface area contributed by atoms with Gasteiger partial charge in [-0.25, -0.2) is 0 Å². The molecule has 1 aliphatic rings. The second-order valence-corrected chi connectivity index (χ2v) is 7.66. The van der Waals surface area contributed by atoms with E-state index in [9.17, 15) is 9.59 Å². The molecule has 5 heteroatoms. The number of para-hydroxylation sites is 2. The van der Waals surface area contributed by atoms with Crippen LogP contribution in [-0.2, 0) is 11.2 Å². The highest BCUT2D eigenvalue weighted by Gasteiger charge is 2.19. The van der Waals surface area contributed by atoms with Crippen LogP contribution in [0.1, 0.15) is 29.3 Å². The predicted octanol–water partition coefficient (Wildman–Crippen LogP) is 4.74. The first-order valence-corrected chi connectivity index (χ1v) is 10.8. The van der Waals surface area contributed by atoms with Crippen molar-refractivity contribution in [2.45, 2.75) is 19.8 Å². The Bertz CT molecular complexity index is 1050. The fraction of sp³-hybridized carbons (Fsp3) is 0.231. The number of fused-ring (bicyclic) bond motifs is 1. The number of anilines is 3. The minimum atomic E-state index is -0.0600. The molecule has 158 valence electrons. The predicted molar refractivity (Wildman–Crippen MR) is 126 cm³/mol. The molecule has 2 amide bonds. The largest absolute Gasteiger partial charge is 0.362 e. The highest BCUT2D eigenvalue weighted by Crippen LogP contribution is 2.26. The maximum Gasteiger partial charge on any atom is 0.258 e. The third kappa shape index (κ3) is 4.77. The lowest BCUT2D eigenvalue weighted by atomic mass is 10.0. The Morgan fingerprint density at radius 3 is 2.39 bits per heavy atom. The van der Waals surface area contributed by atoms with Gasteiger partial charge in [0.1, 0.15) is 0 Å². The standard InChI is InChI=1S/C26H27N3O2/c1-2-29(23-11-4-3-5-12-23)26(31)21-14-16-22(17-15-21)27-25(30)19-28-18-8-10-20-9-6-7-13-24(20)28/h3-7,9,11-17H,2,8,10,18-19H2,1H3,(H,27,30). The number of nitrogens with zero attached hydrogens (tertiary/aromatic N) is 2. The number of amides is 2. The zero-order valence-corrected chi connectivity index (χ0v) is 17.8. The molecule has 0 radical (unpaired) electrons. The molecule has 1 heterocycles. The van der Waals surface area contributed by atoms with Crippen molar-refractivity contribution in [1.82, 2.24) is 0 Å². The van der Waals surface area contributed by atoms with Gasteiger partial charge >= 0.3 is 0 Å². The lowest BCUT2D eigenvalue weighted by Gasteiger charge is -2.30. The van der Waals surface area contributed by atoms with E-state index >= 15 is 0 Å². The van der Waals surface area contributed by atoms with Gasteiger partial charge in [-0.2, -0.15) is 0 Å². The molecule has 0 unspecified atom stereocenters. The van der Waals surface area contributed by atoms with E-state index in [0.717, 1.165) is 30.8 Å². The summed E-state index contributed by atoms with van der Waals surface area (Å²) in [7, 11) is 0. The van der Waals surface area contributed by atoms with Crippen LogP contribution in [0.2, 0.25) is 0 Å². The Morgan fingerprint density at radius 1 is 0.935 bits per heavy atom. The first-order valence-electron chi connectivity index (χ1n) is 10.8. The maximum absolute atomic E-state index is 12.9. The SMILES string of the molecule is CCN(C(=O)c1ccc(NC(=O)CN2CCCc3ccccc32)cc1)c1ccccc1. The summed E-state index contributed by atoms with van der Waals surface area (Å²) in [6, 6.07) is 25.0. The second kappa shape index (κ2) is 9.47. The lowest BCUT2D eigenvalue weighted by molar-refractivity contribution is -0.115. The van der Waals surface area contributed by atoms with Crippen LogP contribution in [0.4, 0.5) is 17.1 Å². The van der Waals surface area contributed by atoms with Gasteiger partial charge in [0.15, 0.2) is 0 Å². The second-order valence-electron chi connectivity index (χ2n) is 7.66. The molecule has 0 aromatic heterocycles. The van der Waals surface area contributed by atoms with Gasteiger partial charge in [-0.1, -0.05) is 36.4 Å². The summed E-state index contributed by atoms with van der Waals surface area (Å²) in [5.41, 5.74) is 4.59. The molecule has 1 aliphatic heterocycles. The third-order valence-electron chi connectivity index (χ3n) is 5.59. The summed E-state index contributed by atoms with van der Waals surface area (Å²) >= 11 is 0. The summed E-state index contributed by atoms with van der Waals surface area (Å²) < 4.78 is 0. The molecule has 1 N–H and O–H groups in total. The van der Waals surface area contributed by atoms with E-state index in [1.54, 1.807) is 29.2 Å². The van der Waals surface area contributed by atoms with Crippen molar-refractivity contribution in [2.24, 2.45) is 0 Å². The minimum Gasteiger partial charge on any atom is -0.362 e. The first-order chi connectivity index (χ1) is 15.2. The number of aryl methyl sites for hydroxylation is 1. The fourth-order valence-corrected chi connectivity index (χ4v) is 4.05. The van der Waals surface area contributed by atoms with Crippen LogP contribution < -0.4 is 15.1 Å². The van der Waals surface area contributed by atoms with E-state index in [1.165, 1.54) is 5.56 Å². The van der Waals surface area contributed by atoms with Crippen LogP contribution in [0.3, 0.4) is 0 Å². The molecule has 3 aromatic carbocycles. The van der Waals surface area contributed by atoms with Gasteiger partial charge in [-0.15, -0.1) is 0 Å². The highest BCUT2D eigenvalue weighted by atomic mass is 16.2. The van der Waals surface area contributed by atoms with Crippen LogP contribution in [0.25, 0.3) is 0 Å². The Kier molecular flexibility index (Phi) is 6.32. The van der Waals surface area contributed by atoms with Crippen molar-refractivity contribution < 1.29 is 9.59 Å². The molecular weight excluding hydrogens is 386 g/mol. The topological polar surface area (TPSA) is 52.7 Å². The van der Waals surface area contributed by atoms with Gasteiger partial charge in [0, 0.05) is 35.7 Å². The van der Waals surface area contributed by atoms with Crippen LogP contribution in [0.15, 0.2) is 78.9 Å². The van der Waals surface area contributed by atoms with E-state index < -0.39 is 0 Å². The van der Waals surface area contributed by atoms with Crippen molar-refractivity contribution in [3.05, 3.63) is 90.0 Å². The van der Waals surface area contributed by atoms with E-state index in [4.69, 9.17) is 0 Å². The molecule has 0 bridgehead atoms. The summed E-state index contributed by atoms with van der Waals surface area (Å²) in [4.78, 5) is 29.4. The number of nitrogens with one attached hydrogen (secondary N) is 1. The van der Waals surface area contributed by atoms with Gasteiger partial charge in [-0.3, -0.25) is 9.59 Å². The highest BCUT2D eigenvalue weighted by molar-refractivity contribution is 6.06. The Labute approximate surface area is 183 Å². The molecule has 31 heavy (non-hydrogen) atoms. The summed E-state index contributed by atoms with van der Waals surface area (Å²) in [5, 5.41) is 2.96. The number of carbonyl (C=O) groups is 2. The van der Waals surface area contributed by atoms with Crippen molar-refractivity contribution in [3.8, 4) is 0 Å². The molecule has 0 aliphatic carbocycles. The molecule has 3 aromatic rings. The van der Waals surface area contributed by atoms with E-state index in [0.29, 0.717) is 24.3 Å². The van der Waals surface area contributed by atoms with Crippen molar-refractivity contribution in [1.29, 1.82) is 0 Å². The maximum atomic E-state index is 12.9. The molecule has 0 saturated carbocycles. The Hall–Kier alpha value is -3.60. The van der Waals surface area contributed by atoms with E-state index in [2.05, 4.69) is 22.3 Å². The summed E-state index contributed by atoms with van der Waals surface area (Å²) in [6.07, 6.45) is 2.11. The number of rotatable bonds is 6. The zero-order chi connectivity index (χ0) is 21.6. The average Bonchev–Trinajstić information content (AvgIpc) is 2.81. The number of hydrogen-bond acceptors (Lipinski definition) is 3. The van der Waals surface area contributed by atoms with Crippen LogP contribution >= 0.6 is 0 Å². The smallest absolute Gasteiger partial charge is 0.258 e. The molecule has 0 saturated heterocycles. The first kappa shape index (κ1) is 20.7. The zero-order valence-electron chi connectivity index (χ0n) is 17.8. The van der Waals surface area contributed by atoms with Crippen molar-refractivity contribution in [2.75, 3.05) is 34.8 Å². The normalized spacial score (nSPS) is 12.7. The molecule has 0 fully saturated rings. The number of carbonyl (C=O) groups excluding carboxylic acids is 2. The fourth-order valence-electron chi connectivity index (χ4n) is 4.05. The van der Waals surface area contributed by atoms with Gasteiger partial charge in [-0.05, 0) is 67.8 Å². The molecular formula is C26H27N3O2. The van der Waals surface area contributed by atoms with Crippen LogP contribution in [0.5, 0.6) is 0 Å². The monoisotopic (exact) mass is 413 g/mol. The van der Waals surface area contributed by atoms with Gasteiger partial charge in [0.05, 0.1) is 6.54 Å². The van der Waals surface area contributed by atoms with Gasteiger partial charge in [0.25, 0.3) is 5.91 Å². The van der Waals surface area contributed by atoms with E-state index in [1.807, 2.05) is 49.4 Å². The summed E-state index contributed by atoms with van der Waals surface area (Å²) in [6.45, 7) is 3.73. The van der Waals surface area contributed by atoms with Crippen molar-refractivity contribution >= 4 is 28.9 Å². The number of benzene rings is 3. The Morgan fingerprint density at radius 2 is 1.65 bits per heavy atom. The third-order valence-corrected chi connectivity index (χ3v) is 5.59. The van der Waals surface area contributed by atoms with Crippen LogP contribution in [0, 0.1) is 0 Å². The van der Waals surface area contributed by atoms with Crippen LogP contribution in [-0.4, -0.2) is 31.4 Å². The molecule has 5 nitrogen and oxygen atoms in total. The molecule has 4 rings (SSSR count). The lowest BCUT2D eigenvalue weighted by Crippen LogP contribution is -2.36. The van der Waals surface area contributed by atoms with Crippen molar-refractivity contribution in [3.63, 3.8) is 0 Å². The minimum absolute atomic E-state index is 0.0588. The summed E-state index contributed by atoms with van der Waals surface area (Å²) in [5.74, 6) is -0.119. The number of hydrogen-bond donors (Lipinski definition) is 1.